The molecule has 1 aliphatic rings. The third kappa shape index (κ3) is 2.50. The van der Waals surface area contributed by atoms with E-state index in [0.717, 1.165) is 35.5 Å². The number of rotatable bonds is 3. The van der Waals surface area contributed by atoms with E-state index in [-0.39, 0.29) is 11.5 Å². The molecule has 0 N–H and O–H groups in total. The molecule has 3 nitrogen and oxygen atoms in total. The second kappa shape index (κ2) is 5.40. The lowest BCUT2D eigenvalue weighted by atomic mass is 10.2. The Balaban J connectivity index is 1.85. The van der Waals surface area contributed by atoms with Crippen molar-refractivity contribution in [2.24, 2.45) is 7.05 Å². The summed E-state index contributed by atoms with van der Waals surface area (Å²) in [5.74, 6) is 0.471. The molecule has 0 spiro atoms. The number of hydrogen-bond donors (Lipinski definition) is 0. The largest absolute Gasteiger partial charge is 0.348 e. The highest BCUT2D eigenvalue weighted by molar-refractivity contribution is 7.98. The molecule has 2 aromatic rings. The Morgan fingerprint density at radius 2 is 2.05 bits per heavy atom. The van der Waals surface area contributed by atoms with Gasteiger partial charge in [0.2, 0.25) is 0 Å². The highest BCUT2D eigenvalue weighted by atomic mass is 32.2. The van der Waals surface area contributed by atoms with E-state index >= 15 is 0 Å². The van der Waals surface area contributed by atoms with Gasteiger partial charge < -0.3 is 0 Å². The first-order chi connectivity index (χ1) is 9.65. The zero-order valence-corrected chi connectivity index (χ0v) is 12.0. The molecule has 1 aromatic heterocycles. The van der Waals surface area contributed by atoms with E-state index in [9.17, 15) is 9.18 Å². The van der Waals surface area contributed by atoms with E-state index in [1.165, 1.54) is 17.7 Å². The molecule has 0 saturated carbocycles. The van der Waals surface area contributed by atoms with Crippen LogP contribution in [0.2, 0.25) is 0 Å². The van der Waals surface area contributed by atoms with Crippen molar-refractivity contribution in [3.63, 3.8) is 0 Å². The van der Waals surface area contributed by atoms with E-state index in [4.69, 9.17) is 0 Å². The van der Waals surface area contributed by atoms with E-state index in [1.807, 2.05) is 0 Å². The lowest BCUT2D eigenvalue weighted by molar-refractivity contribution is 0.627. The van der Waals surface area contributed by atoms with Crippen molar-refractivity contribution in [1.29, 1.82) is 0 Å². The average molecular weight is 290 g/mol. The number of nitrogens with zero attached hydrogens (tertiary/aromatic N) is 2. The fraction of sp³-hybridized carbons (Fsp3) is 0.333. The van der Waals surface area contributed by atoms with Crippen LogP contribution in [0.3, 0.4) is 0 Å². The summed E-state index contributed by atoms with van der Waals surface area (Å²) in [5.41, 5.74) is 3.17. The Labute approximate surface area is 120 Å². The van der Waals surface area contributed by atoms with Crippen LogP contribution in [0.15, 0.2) is 34.1 Å². The molecule has 0 amide bonds. The van der Waals surface area contributed by atoms with Crippen LogP contribution >= 0.6 is 11.8 Å². The van der Waals surface area contributed by atoms with Crippen LogP contribution in [0.4, 0.5) is 4.39 Å². The van der Waals surface area contributed by atoms with Crippen molar-refractivity contribution < 1.29 is 4.39 Å². The zero-order valence-electron chi connectivity index (χ0n) is 11.2. The first-order valence-corrected chi connectivity index (χ1v) is 7.60. The highest BCUT2D eigenvalue weighted by Gasteiger charge is 2.20. The lowest BCUT2D eigenvalue weighted by Crippen LogP contribution is -2.24. The summed E-state index contributed by atoms with van der Waals surface area (Å²) < 4.78 is 14.5. The summed E-state index contributed by atoms with van der Waals surface area (Å²) in [6.45, 7) is 0. The summed E-state index contributed by atoms with van der Waals surface area (Å²) >= 11 is 1.56. The standard InChI is InChI=1S/C15H15FN2OS/c1-18-13-4-2-3-12(13)14(17-15(18)19)20-9-10-5-7-11(16)8-6-10/h5-8H,2-4,9H2,1H3. The van der Waals surface area contributed by atoms with Gasteiger partial charge in [-0.2, -0.15) is 4.98 Å². The van der Waals surface area contributed by atoms with E-state index in [1.54, 1.807) is 35.5 Å². The average Bonchev–Trinajstić information content (AvgIpc) is 2.93. The number of fused-ring (bicyclic) bond motifs is 1. The minimum absolute atomic E-state index is 0.188. The molecule has 3 rings (SSSR count). The minimum atomic E-state index is -0.230. The molecular formula is C15H15FN2OS. The maximum absolute atomic E-state index is 12.9. The van der Waals surface area contributed by atoms with Gasteiger partial charge in [-0.3, -0.25) is 4.57 Å². The molecule has 0 bridgehead atoms. The molecule has 1 heterocycles. The van der Waals surface area contributed by atoms with Gasteiger partial charge in [0, 0.05) is 24.1 Å². The van der Waals surface area contributed by atoms with Gasteiger partial charge in [0.1, 0.15) is 10.8 Å². The highest BCUT2D eigenvalue weighted by Crippen LogP contribution is 2.30. The predicted molar refractivity (Wildman–Crippen MR) is 77.5 cm³/mol. The number of aromatic nitrogens is 2. The number of thioether (sulfide) groups is 1. The van der Waals surface area contributed by atoms with Gasteiger partial charge in [-0.05, 0) is 37.0 Å². The smallest absolute Gasteiger partial charge is 0.299 e. The number of benzene rings is 1. The number of halogens is 1. The molecule has 5 heteroatoms. The van der Waals surface area contributed by atoms with Crippen molar-refractivity contribution in [2.45, 2.75) is 30.0 Å². The van der Waals surface area contributed by atoms with Crippen LogP contribution in [0.5, 0.6) is 0 Å². The Morgan fingerprint density at radius 1 is 1.30 bits per heavy atom. The molecule has 0 atom stereocenters. The van der Waals surface area contributed by atoms with Gasteiger partial charge in [0.05, 0.1) is 0 Å². The van der Waals surface area contributed by atoms with Crippen LogP contribution in [-0.2, 0) is 25.6 Å². The van der Waals surface area contributed by atoms with Crippen LogP contribution in [0.25, 0.3) is 0 Å². The third-order valence-electron chi connectivity index (χ3n) is 3.62. The predicted octanol–water partition coefficient (Wildman–Crippen LogP) is 2.70. The first-order valence-electron chi connectivity index (χ1n) is 6.61. The molecule has 0 unspecified atom stereocenters. The summed E-state index contributed by atoms with van der Waals surface area (Å²) in [6.07, 6.45) is 3.02. The summed E-state index contributed by atoms with van der Waals surface area (Å²) in [7, 11) is 1.79. The Hall–Kier alpha value is -1.62. The summed E-state index contributed by atoms with van der Waals surface area (Å²) in [4.78, 5) is 16.0. The normalized spacial score (nSPS) is 13.5. The molecule has 20 heavy (non-hydrogen) atoms. The monoisotopic (exact) mass is 290 g/mol. The quantitative estimate of drug-likeness (QED) is 0.644. The van der Waals surface area contributed by atoms with Crippen LogP contribution in [0.1, 0.15) is 23.2 Å². The van der Waals surface area contributed by atoms with Crippen molar-refractivity contribution in [1.82, 2.24) is 9.55 Å². The molecule has 0 aliphatic heterocycles. The summed E-state index contributed by atoms with van der Waals surface area (Å²) in [6, 6.07) is 6.45. The molecular weight excluding hydrogens is 275 g/mol. The van der Waals surface area contributed by atoms with Gasteiger partial charge in [0.25, 0.3) is 0 Å². The SMILES string of the molecule is Cn1c2c(c(SCc3ccc(F)cc3)nc1=O)CCC2. The third-order valence-corrected chi connectivity index (χ3v) is 4.71. The van der Waals surface area contributed by atoms with Gasteiger partial charge in [0.15, 0.2) is 0 Å². The Kier molecular flexibility index (Phi) is 3.61. The van der Waals surface area contributed by atoms with Gasteiger partial charge in [-0.1, -0.05) is 12.1 Å². The van der Waals surface area contributed by atoms with Crippen molar-refractivity contribution in [2.75, 3.05) is 0 Å². The van der Waals surface area contributed by atoms with E-state index < -0.39 is 0 Å². The second-order valence-electron chi connectivity index (χ2n) is 4.95. The lowest BCUT2D eigenvalue weighted by Gasteiger charge is -2.10. The van der Waals surface area contributed by atoms with Crippen molar-refractivity contribution in [3.8, 4) is 0 Å². The molecule has 0 saturated heterocycles. The number of hydrogen-bond acceptors (Lipinski definition) is 3. The summed E-state index contributed by atoms with van der Waals surface area (Å²) in [5, 5.41) is 0.838. The first kappa shape index (κ1) is 13.4. The maximum atomic E-state index is 12.9. The maximum Gasteiger partial charge on any atom is 0.348 e. The fourth-order valence-electron chi connectivity index (χ4n) is 2.52. The van der Waals surface area contributed by atoms with Gasteiger partial charge >= 0.3 is 5.69 Å². The van der Waals surface area contributed by atoms with Crippen LogP contribution in [-0.4, -0.2) is 9.55 Å². The van der Waals surface area contributed by atoms with Gasteiger partial charge in [-0.15, -0.1) is 11.8 Å². The molecule has 0 fully saturated rings. The van der Waals surface area contributed by atoms with E-state index in [0.29, 0.717) is 5.75 Å². The van der Waals surface area contributed by atoms with Crippen molar-refractivity contribution in [3.05, 3.63) is 57.4 Å². The molecule has 104 valence electrons. The Morgan fingerprint density at radius 3 is 2.80 bits per heavy atom. The topological polar surface area (TPSA) is 34.9 Å². The minimum Gasteiger partial charge on any atom is -0.299 e. The van der Waals surface area contributed by atoms with Crippen LogP contribution in [0, 0.1) is 5.82 Å². The second-order valence-corrected chi connectivity index (χ2v) is 5.92. The van der Waals surface area contributed by atoms with Crippen molar-refractivity contribution >= 4 is 11.8 Å². The van der Waals surface area contributed by atoms with Gasteiger partial charge in [-0.25, -0.2) is 9.18 Å². The zero-order chi connectivity index (χ0) is 14.1. The van der Waals surface area contributed by atoms with E-state index in [2.05, 4.69) is 4.98 Å². The Bertz CT molecular complexity index is 694. The molecule has 1 aliphatic carbocycles. The molecule has 1 aromatic carbocycles. The molecule has 0 radical (unpaired) electrons. The fourth-order valence-corrected chi connectivity index (χ4v) is 3.56. The van der Waals surface area contributed by atoms with Crippen LogP contribution < -0.4 is 5.69 Å².